The molecule has 2 rings (SSSR count). The highest BCUT2D eigenvalue weighted by Gasteiger charge is 2.11. The number of aryl methyl sites for hydroxylation is 2. The van der Waals surface area contributed by atoms with Crippen LogP contribution in [0.15, 0.2) is 34.2 Å². The highest BCUT2D eigenvalue weighted by molar-refractivity contribution is 14.0. The maximum atomic E-state index is 11.7. The quantitative estimate of drug-likeness (QED) is 0.313. The summed E-state index contributed by atoms with van der Waals surface area (Å²) in [7, 11) is 1.62. The number of aromatic nitrogens is 2. The van der Waals surface area contributed by atoms with Crippen molar-refractivity contribution >= 4 is 40.0 Å². The maximum absolute atomic E-state index is 11.7. The van der Waals surface area contributed by atoms with Crippen LogP contribution in [0.2, 0.25) is 0 Å². The van der Waals surface area contributed by atoms with Gasteiger partial charge >= 0.3 is 0 Å². The standard InChI is InChI=1S/C17H26N6O2S.HI/c1-12-16(13(2)23(5)22-12)11-21-17(18-3)20-10-14-6-8-15(9-7-14)26(24,25)19-4;/h6-9,19H,10-11H2,1-5H3,(H2,18,20,21);1H. The molecule has 3 N–H and O–H groups in total. The van der Waals surface area contributed by atoms with Crippen molar-refractivity contribution in [2.24, 2.45) is 12.0 Å². The van der Waals surface area contributed by atoms with Gasteiger partial charge in [-0.15, -0.1) is 24.0 Å². The molecule has 0 bridgehead atoms. The molecule has 0 amide bonds. The third-order valence-electron chi connectivity index (χ3n) is 4.28. The van der Waals surface area contributed by atoms with Gasteiger partial charge in [0, 0.05) is 38.4 Å². The van der Waals surface area contributed by atoms with Crippen molar-refractivity contribution in [3.63, 3.8) is 0 Å². The van der Waals surface area contributed by atoms with Gasteiger partial charge in [0.2, 0.25) is 10.0 Å². The number of nitrogens with zero attached hydrogens (tertiary/aromatic N) is 3. The number of benzene rings is 1. The number of aliphatic imine (C=N–C) groups is 1. The van der Waals surface area contributed by atoms with E-state index in [1.54, 1.807) is 31.3 Å². The third kappa shape index (κ3) is 5.91. The fourth-order valence-electron chi connectivity index (χ4n) is 2.56. The van der Waals surface area contributed by atoms with Crippen LogP contribution in [0.4, 0.5) is 0 Å². The molecule has 0 aliphatic rings. The zero-order chi connectivity index (χ0) is 19.3. The van der Waals surface area contributed by atoms with E-state index in [1.807, 2.05) is 25.6 Å². The van der Waals surface area contributed by atoms with E-state index in [2.05, 4.69) is 25.4 Å². The van der Waals surface area contributed by atoms with E-state index in [1.165, 1.54) is 7.05 Å². The van der Waals surface area contributed by atoms with Gasteiger partial charge in [-0.1, -0.05) is 12.1 Å². The summed E-state index contributed by atoms with van der Waals surface area (Å²) in [6.45, 7) is 5.18. The summed E-state index contributed by atoms with van der Waals surface area (Å²) in [6.07, 6.45) is 0. The van der Waals surface area contributed by atoms with E-state index in [-0.39, 0.29) is 28.9 Å². The number of sulfonamides is 1. The highest BCUT2D eigenvalue weighted by Crippen LogP contribution is 2.11. The van der Waals surface area contributed by atoms with Gasteiger partial charge < -0.3 is 10.6 Å². The fourth-order valence-corrected chi connectivity index (χ4v) is 3.29. The van der Waals surface area contributed by atoms with E-state index in [0.717, 1.165) is 22.5 Å². The number of nitrogens with one attached hydrogen (secondary N) is 3. The summed E-state index contributed by atoms with van der Waals surface area (Å²) in [5.74, 6) is 0.666. The summed E-state index contributed by atoms with van der Waals surface area (Å²) in [6, 6.07) is 6.72. The molecule has 0 atom stereocenters. The number of hydrogen-bond acceptors (Lipinski definition) is 4. The lowest BCUT2D eigenvalue weighted by atomic mass is 10.2. The van der Waals surface area contributed by atoms with E-state index in [0.29, 0.717) is 19.0 Å². The second-order valence-corrected chi connectivity index (χ2v) is 7.79. The number of guanidine groups is 1. The van der Waals surface area contributed by atoms with Gasteiger partial charge in [0.05, 0.1) is 10.6 Å². The van der Waals surface area contributed by atoms with Crippen LogP contribution >= 0.6 is 24.0 Å². The van der Waals surface area contributed by atoms with Crippen LogP contribution in [0.5, 0.6) is 0 Å². The first kappa shape index (κ1) is 23.4. The smallest absolute Gasteiger partial charge is 0.240 e. The van der Waals surface area contributed by atoms with Crippen LogP contribution in [0.3, 0.4) is 0 Å². The summed E-state index contributed by atoms with van der Waals surface area (Å²) >= 11 is 0. The maximum Gasteiger partial charge on any atom is 0.240 e. The topological polar surface area (TPSA) is 100 Å². The fraction of sp³-hybridized carbons (Fsp3) is 0.412. The Bertz CT molecular complexity index is 891. The molecule has 2 aromatic rings. The molecule has 0 aliphatic heterocycles. The molecule has 1 heterocycles. The minimum absolute atomic E-state index is 0. The number of hydrogen-bond donors (Lipinski definition) is 3. The Hall–Kier alpha value is -1.66. The molecular formula is C17H27IN6O2S. The Morgan fingerprint density at radius 3 is 2.22 bits per heavy atom. The first-order chi connectivity index (χ1) is 12.3. The van der Waals surface area contributed by atoms with E-state index >= 15 is 0 Å². The average Bonchev–Trinajstić information content (AvgIpc) is 2.87. The van der Waals surface area contributed by atoms with Gasteiger partial charge in [-0.25, -0.2) is 13.1 Å². The molecule has 0 fully saturated rings. The normalized spacial score (nSPS) is 11.8. The predicted molar refractivity (Wildman–Crippen MR) is 118 cm³/mol. The van der Waals surface area contributed by atoms with Crippen molar-refractivity contribution in [3.05, 3.63) is 46.8 Å². The van der Waals surface area contributed by atoms with Crippen LogP contribution in [0.1, 0.15) is 22.5 Å². The Balaban J connectivity index is 0.00000364. The third-order valence-corrected chi connectivity index (χ3v) is 5.71. The molecule has 0 saturated heterocycles. The molecule has 8 nitrogen and oxygen atoms in total. The zero-order valence-corrected chi connectivity index (χ0v) is 19.3. The molecule has 0 saturated carbocycles. The molecule has 27 heavy (non-hydrogen) atoms. The summed E-state index contributed by atoms with van der Waals surface area (Å²) < 4.78 is 27.6. The summed E-state index contributed by atoms with van der Waals surface area (Å²) in [4.78, 5) is 4.46. The molecule has 10 heteroatoms. The molecule has 1 aromatic carbocycles. The van der Waals surface area contributed by atoms with Crippen molar-refractivity contribution in [2.75, 3.05) is 14.1 Å². The Kier molecular flexibility index (Phi) is 8.69. The summed E-state index contributed by atoms with van der Waals surface area (Å²) in [5, 5.41) is 10.9. The Morgan fingerprint density at radius 2 is 1.74 bits per heavy atom. The van der Waals surface area contributed by atoms with Gasteiger partial charge in [0.25, 0.3) is 0 Å². The van der Waals surface area contributed by atoms with Crippen molar-refractivity contribution in [3.8, 4) is 0 Å². The van der Waals surface area contributed by atoms with Crippen molar-refractivity contribution < 1.29 is 8.42 Å². The molecule has 1 aromatic heterocycles. The van der Waals surface area contributed by atoms with Crippen molar-refractivity contribution in [2.45, 2.75) is 31.8 Å². The van der Waals surface area contributed by atoms with E-state index in [9.17, 15) is 8.42 Å². The lowest BCUT2D eigenvalue weighted by Crippen LogP contribution is -2.36. The van der Waals surface area contributed by atoms with Gasteiger partial charge in [-0.05, 0) is 38.6 Å². The van der Waals surface area contributed by atoms with Gasteiger partial charge in [-0.3, -0.25) is 9.67 Å². The molecule has 150 valence electrons. The van der Waals surface area contributed by atoms with Crippen LogP contribution in [-0.4, -0.2) is 38.3 Å². The predicted octanol–water partition coefficient (Wildman–Crippen LogP) is 1.43. The van der Waals surface area contributed by atoms with Gasteiger partial charge in [0.15, 0.2) is 5.96 Å². The minimum atomic E-state index is -3.41. The number of rotatable bonds is 6. The summed E-state index contributed by atoms with van der Waals surface area (Å²) in [5.41, 5.74) is 4.22. The molecule has 0 unspecified atom stereocenters. The average molecular weight is 506 g/mol. The SMILES string of the molecule is CN=C(NCc1ccc(S(=O)(=O)NC)cc1)NCc1c(C)nn(C)c1C.I. The first-order valence-corrected chi connectivity index (χ1v) is 9.73. The minimum Gasteiger partial charge on any atom is -0.352 e. The first-order valence-electron chi connectivity index (χ1n) is 8.24. The largest absolute Gasteiger partial charge is 0.352 e. The Labute approximate surface area is 177 Å². The second kappa shape index (κ2) is 10.0. The molecule has 0 spiro atoms. The van der Waals surface area contributed by atoms with Crippen LogP contribution < -0.4 is 15.4 Å². The zero-order valence-electron chi connectivity index (χ0n) is 16.2. The molecule has 0 aliphatic carbocycles. The highest BCUT2D eigenvalue weighted by atomic mass is 127. The molecular weight excluding hydrogens is 479 g/mol. The van der Waals surface area contributed by atoms with E-state index in [4.69, 9.17) is 0 Å². The second-order valence-electron chi connectivity index (χ2n) is 5.90. The van der Waals surface area contributed by atoms with E-state index < -0.39 is 10.0 Å². The van der Waals surface area contributed by atoms with Gasteiger partial charge in [0.1, 0.15) is 0 Å². The Morgan fingerprint density at radius 1 is 1.15 bits per heavy atom. The van der Waals surface area contributed by atoms with Crippen LogP contribution in [0, 0.1) is 13.8 Å². The van der Waals surface area contributed by atoms with Crippen molar-refractivity contribution in [1.29, 1.82) is 0 Å². The van der Waals surface area contributed by atoms with Crippen LogP contribution in [-0.2, 0) is 30.2 Å². The monoisotopic (exact) mass is 506 g/mol. The lowest BCUT2D eigenvalue weighted by Gasteiger charge is -2.12. The lowest BCUT2D eigenvalue weighted by molar-refractivity contribution is 0.588. The van der Waals surface area contributed by atoms with Crippen LogP contribution in [0.25, 0.3) is 0 Å². The number of halogens is 1. The van der Waals surface area contributed by atoms with Gasteiger partial charge in [-0.2, -0.15) is 5.10 Å². The molecule has 0 radical (unpaired) electrons. The van der Waals surface area contributed by atoms with Crippen molar-refractivity contribution in [1.82, 2.24) is 25.1 Å².